The standard InChI is InChI=1S/C17H23NO/c1-3-11-18-17(10-9-16-8-5-12-19-16)15-7-4-6-14(2)13-15/h4-8,12-13,17-18H,3,9-11H2,1-2H3. The lowest BCUT2D eigenvalue weighted by molar-refractivity contribution is 0.452. The molecule has 1 heterocycles. The molecule has 102 valence electrons. The van der Waals surface area contributed by atoms with Crippen LogP contribution in [0.5, 0.6) is 0 Å². The molecule has 1 aromatic carbocycles. The third-order valence-corrected chi connectivity index (χ3v) is 3.34. The summed E-state index contributed by atoms with van der Waals surface area (Å²) in [4.78, 5) is 0. The van der Waals surface area contributed by atoms with Gasteiger partial charge in [0.25, 0.3) is 0 Å². The van der Waals surface area contributed by atoms with Crippen LogP contribution in [0.4, 0.5) is 0 Å². The van der Waals surface area contributed by atoms with Crippen LogP contribution >= 0.6 is 0 Å². The van der Waals surface area contributed by atoms with Crippen molar-refractivity contribution in [1.29, 1.82) is 0 Å². The van der Waals surface area contributed by atoms with Crippen molar-refractivity contribution in [1.82, 2.24) is 5.32 Å². The molecule has 0 aliphatic carbocycles. The van der Waals surface area contributed by atoms with Gasteiger partial charge in [0.1, 0.15) is 5.76 Å². The zero-order chi connectivity index (χ0) is 13.5. The molecular weight excluding hydrogens is 234 g/mol. The number of aryl methyl sites for hydroxylation is 2. The van der Waals surface area contributed by atoms with E-state index in [1.54, 1.807) is 6.26 Å². The van der Waals surface area contributed by atoms with Gasteiger partial charge in [-0.15, -0.1) is 0 Å². The second kappa shape index (κ2) is 7.15. The van der Waals surface area contributed by atoms with Crippen LogP contribution in [-0.2, 0) is 6.42 Å². The van der Waals surface area contributed by atoms with Gasteiger partial charge in [-0.05, 0) is 44.0 Å². The van der Waals surface area contributed by atoms with Crippen molar-refractivity contribution < 1.29 is 4.42 Å². The number of hydrogen-bond acceptors (Lipinski definition) is 2. The van der Waals surface area contributed by atoms with E-state index in [1.807, 2.05) is 12.1 Å². The molecule has 1 N–H and O–H groups in total. The number of rotatable bonds is 7. The summed E-state index contributed by atoms with van der Waals surface area (Å²) in [5.41, 5.74) is 2.69. The number of hydrogen-bond donors (Lipinski definition) is 1. The third kappa shape index (κ3) is 4.25. The zero-order valence-corrected chi connectivity index (χ0v) is 11.9. The van der Waals surface area contributed by atoms with Crippen LogP contribution in [0.25, 0.3) is 0 Å². The summed E-state index contributed by atoms with van der Waals surface area (Å²) < 4.78 is 5.42. The molecule has 0 aliphatic rings. The topological polar surface area (TPSA) is 25.2 Å². The third-order valence-electron chi connectivity index (χ3n) is 3.34. The summed E-state index contributed by atoms with van der Waals surface area (Å²) in [6, 6.07) is 13.2. The molecule has 1 aromatic heterocycles. The quantitative estimate of drug-likeness (QED) is 0.801. The van der Waals surface area contributed by atoms with Crippen molar-refractivity contribution in [3.8, 4) is 0 Å². The van der Waals surface area contributed by atoms with Crippen LogP contribution in [0.1, 0.15) is 42.7 Å². The van der Waals surface area contributed by atoms with Crippen molar-refractivity contribution in [2.45, 2.75) is 39.2 Å². The summed E-state index contributed by atoms with van der Waals surface area (Å²) in [6.07, 6.45) is 4.94. The highest BCUT2D eigenvalue weighted by Gasteiger charge is 2.11. The number of furan rings is 1. The summed E-state index contributed by atoms with van der Waals surface area (Å²) >= 11 is 0. The Labute approximate surface area is 115 Å². The molecule has 0 saturated heterocycles. The van der Waals surface area contributed by atoms with Gasteiger partial charge in [-0.3, -0.25) is 0 Å². The Morgan fingerprint density at radius 1 is 1.21 bits per heavy atom. The van der Waals surface area contributed by atoms with E-state index >= 15 is 0 Å². The van der Waals surface area contributed by atoms with Crippen molar-refractivity contribution in [2.75, 3.05) is 6.54 Å². The fourth-order valence-electron chi connectivity index (χ4n) is 2.33. The molecule has 2 nitrogen and oxygen atoms in total. The molecular formula is C17H23NO. The first-order valence-corrected chi connectivity index (χ1v) is 7.12. The summed E-state index contributed by atoms with van der Waals surface area (Å²) in [6.45, 7) is 5.40. The Hall–Kier alpha value is -1.54. The average molecular weight is 257 g/mol. The molecule has 19 heavy (non-hydrogen) atoms. The van der Waals surface area contributed by atoms with Crippen LogP contribution in [0, 0.1) is 6.92 Å². The normalized spacial score (nSPS) is 12.5. The van der Waals surface area contributed by atoms with Crippen molar-refractivity contribution in [3.63, 3.8) is 0 Å². The highest BCUT2D eigenvalue weighted by Crippen LogP contribution is 2.20. The fraction of sp³-hybridized carbons (Fsp3) is 0.412. The van der Waals surface area contributed by atoms with Crippen molar-refractivity contribution in [3.05, 3.63) is 59.5 Å². The summed E-state index contributed by atoms with van der Waals surface area (Å²) in [5.74, 6) is 1.07. The molecule has 0 radical (unpaired) electrons. The van der Waals surface area contributed by atoms with Crippen LogP contribution in [-0.4, -0.2) is 6.54 Å². The van der Waals surface area contributed by atoms with E-state index in [9.17, 15) is 0 Å². The maximum absolute atomic E-state index is 5.42. The molecule has 0 amide bonds. The second-order valence-corrected chi connectivity index (χ2v) is 5.04. The lowest BCUT2D eigenvalue weighted by atomic mass is 9.99. The van der Waals surface area contributed by atoms with E-state index in [1.165, 1.54) is 11.1 Å². The van der Waals surface area contributed by atoms with Crippen LogP contribution in [0.3, 0.4) is 0 Å². The monoisotopic (exact) mass is 257 g/mol. The predicted octanol–water partition coefficient (Wildman–Crippen LogP) is 4.26. The van der Waals surface area contributed by atoms with Crippen molar-refractivity contribution >= 4 is 0 Å². The lowest BCUT2D eigenvalue weighted by Crippen LogP contribution is -2.22. The molecule has 0 bridgehead atoms. The molecule has 1 atom stereocenters. The second-order valence-electron chi connectivity index (χ2n) is 5.04. The number of benzene rings is 1. The Balaban J connectivity index is 2.02. The SMILES string of the molecule is CCCNC(CCc1ccco1)c1cccc(C)c1. The minimum Gasteiger partial charge on any atom is -0.469 e. The molecule has 2 rings (SSSR count). The van der Waals surface area contributed by atoms with E-state index in [-0.39, 0.29) is 0 Å². The van der Waals surface area contributed by atoms with Gasteiger partial charge < -0.3 is 9.73 Å². The molecule has 2 heteroatoms. The van der Waals surface area contributed by atoms with E-state index in [0.717, 1.165) is 31.6 Å². The summed E-state index contributed by atoms with van der Waals surface area (Å²) in [5, 5.41) is 3.63. The van der Waals surface area contributed by atoms with Crippen LogP contribution in [0.2, 0.25) is 0 Å². The van der Waals surface area contributed by atoms with Gasteiger partial charge >= 0.3 is 0 Å². The van der Waals surface area contributed by atoms with Gasteiger partial charge in [0, 0.05) is 12.5 Å². The molecule has 2 aromatic rings. The fourth-order valence-corrected chi connectivity index (χ4v) is 2.33. The van der Waals surface area contributed by atoms with Crippen molar-refractivity contribution in [2.24, 2.45) is 0 Å². The van der Waals surface area contributed by atoms with Crippen LogP contribution in [0.15, 0.2) is 47.1 Å². The Bertz CT molecular complexity index is 476. The first-order chi connectivity index (χ1) is 9.29. The van der Waals surface area contributed by atoms with Crippen LogP contribution < -0.4 is 5.32 Å². The van der Waals surface area contributed by atoms with Gasteiger partial charge in [-0.1, -0.05) is 36.8 Å². The predicted molar refractivity (Wildman–Crippen MR) is 79.2 cm³/mol. The van der Waals surface area contributed by atoms with Gasteiger partial charge in [0.05, 0.1) is 6.26 Å². The first kappa shape index (κ1) is 13.9. The number of nitrogens with one attached hydrogen (secondary N) is 1. The Morgan fingerprint density at radius 3 is 2.79 bits per heavy atom. The van der Waals surface area contributed by atoms with E-state index in [2.05, 4.69) is 43.4 Å². The van der Waals surface area contributed by atoms with E-state index < -0.39 is 0 Å². The Kier molecular flexibility index (Phi) is 5.22. The molecule has 1 unspecified atom stereocenters. The van der Waals surface area contributed by atoms with E-state index in [4.69, 9.17) is 4.42 Å². The zero-order valence-electron chi connectivity index (χ0n) is 11.9. The minimum absolute atomic E-state index is 0.407. The van der Waals surface area contributed by atoms with Gasteiger partial charge in [0.2, 0.25) is 0 Å². The largest absolute Gasteiger partial charge is 0.469 e. The first-order valence-electron chi connectivity index (χ1n) is 7.12. The highest BCUT2D eigenvalue weighted by molar-refractivity contribution is 5.25. The molecule has 0 saturated carbocycles. The average Bonchev–Trinajstić information content (AvgIpc) is 2.92. The highest BCUT2D eigenvalue weighted by atomic mass is 16.3. The Morgan fingerprint density at radius 2 is 2.11 bits per heavy atom. The maximum Gasteiger partial charge on any atom is 0.103 e. The minimum atomic E-state index is 0.407. The smallest absolute Gasteiger partial charge is 0.103 e. The summed E-state index contributed by atoms with van der Waals surface area (Å²) in [7, 11) is 0. The molecule has 0 fully saturated rings. The van der Waals surface area contributed by atoms with Gasteiger partial charge in [0.15, 0.2) is 0 Å². The molecule has 0 spiro atoms. The molecule has 0 aliphatic heterocycles. The lowest BCUT2D eigenvalue weighted by Gasteiger charge is -2.19. The van der Waals surface area contributed by atoms with Gasteiger partial charge in [-0.25, -0.2) is 0 Å². The van der Waals surface area contributed by atoms with Gasteiger partial charge in [-0.2, -0.15) is 0 Å². The van der Waals surface area contributed by atoms with E-state index in [0.29, 0.717) is 6.04 Å². The maximum atomic E-state index is 5.42.